The first-order chi connectivity index (χ1) is 5.27. The van der Waals surface area contributed by atoms with E-state index in [4.69, 9.17) is 15.4 Å². The maximum Gasteiger partial charge on any atom is 0.165 e. The molecule has 0 radical (unpaired) electrons. The SMILES string of the molecule is CC1(CCCON)OCCO1. The Balaban J connectivity index is 2.13. The molecule has 4 nitrogen and oxygen atoms in total. The van der Waals surface area contributed by atoms with Gasteiger partial charge in [0.2, 0.25) is 0 Å². The minimum Gasteiger partial charge on any atom is -0.348 e. The summed E-state index contributed by atoms with van der Waals surface area (Å²) >= 11 is 0. The number of hydrogen-bond donors (Lipinski definition) is 1. The van der Waals surface area contributed by atoms with E-state index in [9.17, 15) is 0 Å². The smallest absolute Gasteiger partial charge is 0.165 e. The van der Waals surface area contributed by atoms with Gasteiger partial charge in [-0.1, -0.05) is 0 Å². The van der Waals surface area contributed by atoms with Gasteiger partial charge in [-0.2, -0.15) is 0 Å². The highest BCUT2D eigenvalue weighted by Gasteiger charge is 2.29. The van der Waals surface area contributed by atoms with Gasteiger partial charge >= 0.3 is 0 Å². The molecule has 0 aliphatic carbocycles. The van der Waals surface area contributed by atoms with Gasteiger partial charge in [0.25, 0.3) is 0 Å². The standard InChI is InChI=1S/C7H15NO3/c1-7(3-2-4-11-8)9-5-6-10-7/h2-6,8H2,1H3. The van der Waals surface area contributed by atoms with Gasteiger partial charge in [-0.15, -0.1) is 0 Å². The summed E-state index contributed by atoms with van der Waals surface area (Å²) in [6.07, 6.45) is 1.71. The fourth-order valence-electron chi connectivity index (χ4n) is 1.18. The summed E-state index contributed by atoms with van der Waals surface area (Å²) in [6.45, 7) is 3.89. The Morgan fingerprint density at radius 3 is 2.64 bits per heavy atom. The Bertz CT molecular complexity index is 112. The predicted molar refractivity (Wildman–Crippen MR) is 39.7 cm³/mol. The first-order valence-electron chi connectivity index (χ1n) is 3.86. The minimum absolute atomic E-state index is 0.390. The highest BCUT2D eigenvalue weighted by molar-refractivity contribution is 4.67. The van der Waals surface area contributed by atoms with Crippen molar-refractivity contribution in [2.75, 3.05) is 19.8 Å². The molecule has 0 aromatic rings. The van der Waals surface area contributed by atoms with Crippen molar-refractivity contribution in [3.8, 4) is 0 Å². The third kappa shape index (κ3) is 2.75. The summed E-state index contributed by atoms with van der Waals surface area (Å²) in [6, 6.07) is 0. The highest BCUT2D eigenvalue weighted by atomic mass is 16.7. The van der Waals surface area contributed by atoms with Crippen LogP contribution in [0.1, 0.15) is 19.8 Å². The second kappa shape index (κ2) is 4.01. The summed E-state index contributed by atoms with van der Waals surface area (Å²) in [5.74, 6) is 4.48. The summed E-state index contributed by atoms with van der Waals surface area (Å²) in [7, 11) is 0. The highest BCUT2D eigenvalue weighted by Crippen LogP contribution is 2.23. The fraction of sp³-hybridized carbons (Fsp3) is 1.00. The van der Waals surface area contributed by atoms with Gasteiger partial charge in [0.05, 0.1) is 19.8 Å². The molecule has 0 atom stereocenters. The van der Waals surface area contributed by atoms with E-state index in [1.54, 1.807) is 0 Å². The van der Waals surface area contributed by atoms with E-state index >= 15 is 0 Å². The Labute approximate surface area is 66.6 Å². The first kappa shape index (κ1) is 8.93. The molecule has 1 rings (SSSR count). The lowest BCUT2D eigenvalue weighted by molar-refractivity contribution is -0.149. The van der Waals surface area contributed by atoms with E-state index in [1.165, 1.54) is 0 Å². The number of nitrogens with two attached hydrogens (primary N) is 1. The molecule has 0 amide bonds. The largest absolute Gasteiger partial charge is 0.348 e. The average molecular weight is 161 g/mol. The van der Waals surface area contributed by atoms with Gasteiger partial charge in [-0.25, -0.2) is 5.90 Å². The van der Waals surface area contributed by atoms with Gasteiger partial charge < -0.3 is 14.3 Å². The van der Waals surface area contributed by atoms with E-state index < -0.39 is 5.79 Å². The number of rotatable bonds is 4. The molecule has 1 aliphatic heterocycles. The zero-order valence-corrected chi connectivity index (χ0v) is 6.84. The maximum absolute atomic E-state index is 5.37. The second-order valence-electron chi connectivity index (χ2n) is 2.81. The summed E-state index contributed by atoms with van der Waals surface area (Å²) < 4.78 is 10.7. The van der Waals surface area contributed by atoms with Crippen LogP contribution in [0.25, 0.3) is 0 Å². The Morgan fingerprint density at radius 2 is 2.09 bits per heavy atom. The monoisotopic (exact) mass is 161 g/mol. The molecule has 11 heavy (non-hydrogen) atoms. The van der Waals surface area contributed by atoms with Crippen molar-refractivity contribution < 1.29 is 14.3 Å². The van der Waals surface area contributed by atoms with Gasteiger partial charge in [0, 0.05) is 6.42 Å². The Hall–Kier alpha value is -0.160. The Morgan fingerprint density at radius 1 is 1.45 bits per heavy atom. The molecule has 0 aromatic carbocycles. The lowest BCUT2D eigenvalue weighted by Gasteiger charge is -2.21. The van der Waals surface area contributed by atoms with Crippen LogP contribution >= 0.6 is 0 Å². The van der Waals surface area contributed by atoms with Crippen molar-refractivity contribution >= 4 is 0 Å². The third-order valence-corrected chi connectivity index (χ3v) is 1.79. The van der Waals surface area contributed by atoms with E-state index in [0.29, 0.717) is 19.8 Å². The molecule has 66 valence electrons. The van der Waals surface area contributed by atoms with Crippen molar-refractivity contribution in [1.82, 2.24) is 0 Å². The van der Waals surface area contributed by atoms with Crippen LogP contribution in [0.3, 0.4) is 0 Å². The predicted octanol–water partition coefficient (Wildman–Crippen LogP) is 0.420. The van der Waals surface area contributed by atoms with Crippen molar-refractivity contribution in [2.45, 2.75) is 25.6 Å². The van der Waals surface area contributed by atoms with Crippen LogP contribution in [0.15, 0.2) is 0 Å². The quantitative estimate of drug-likeness (QED) is 0.479. The topological polar surface area (TPSA) is 53.7 Å². The van der Waals surface area contributed by atoms with Crippen molar-refractivity contribution in [3.05, 3.63) is 0 Å². The van der Waals surface area contributed by atoms with Gasteiger partial charge in [-0.3, -0.25) is 0 Å². The molecule has 1 aliphatic rings. The molecule has 2 N–H and O–H groups in total. The van der Waals surface area contributed by atoms with Crippen LogP contribution < -0.4 is 5.90 Å². The average Bonchev–Trinajstić information content (AvgIpc) is 2.38. The van der Waals surface area contributed by atoms with E-state index in [0.717, 1.165) is 12.8 Å². The van der Waals surface area contributed by atoms with Gasteiger partial charge in [-0.05, 0) is 13.3 Å². The van der Waals surface area contributed by atoms with Crippen LogP contribution in [0.5, 0.6) is 0 Å². The third-order valence-electron chi connectivity index (χ3n) is 1.79. The van der Waals surface area contributed by atoms with E-state index in [1.807, 2.05) is 6.92 Å². The van der Waals surface area contributed by atoms with E-state index in [2.05, 4.69) is 4.84 Å². The Kier molecular flexibility index (Phi) is 3.26. The normalized spacial score (nSPS) is 22.4. The molecule has 4 heteroatoms. The van der Waals surface area contributed by atoms with Crippen LogP contribution in [-0.4, -0.2) is 25.6 Å². The first-order valence-corrected chi connectivity index (χ1v) is 3.86. The van der Waals surface area contributed by atoms with Gasteiger partial charge in [0.15, 0.2) is 5.79 Å². The van der Waals surface area contributed by atoms with Crippen LogP contribution in [0, 0.1) is 0 Å². The molecule has 1 saturated heterocycles. The molecular weight excluding hydrogens is 146 g/mol. The molecule has 0 aromatic heterocycles. The van der Waals surface area contributed by atoms with Crippen molar-refractivity contribution in [3.63, 3.8) is 0 Å². The van der Waals surface area contributed by atoms with Gasteiger partial charge in [0.1, 0.15) is 0 Å². The zero-order valence-electron chi connectivity index (χ0n) is 6.84. The molecular formula is C7H15NO3. The molecule has 0 saturated carbocycles. The number of ether oxygens (including phenoxy) is 2. The molecule has 1 heterocycles. The fourth-order valence-corrected chi connectivity index (χ4v) is 1.18. The number of hydrogen-bond acceptors (Lipinski definition) is 4. The summed E-state index contributed by atoms with van der Waals surface area (Å²) in [4.78, 5) is 4.44. The summed E-state index contributed by atoms with van der Waals surface area (Å²) in [5.41, 5.74) is 0. The zero-order chi connectivity index (χ0) is 8.16. The lowest BCUT2D eigenvalue weighted by Crippen LogP contribution is -2.25. The maximum atomic E-state index is 5.37. The summed E-state index contributed by atoms with van der Waals surface area (Å²) in [5, 5.41) is 0. The van der Waals surface area contributed by atoms with Crippen LogP contribution in [0.2, 0.25) is 0 Å². The lowest BCUT2D eigenvalue weighted by atomic mass is 10.2. The molecule has 0 unspecified atom stereocenters. The molecule has 0 spiro atoms. The van der Waals surface area contributed by atoms with Crippen LogP contribution in [0.4, 0.5) is 0 Å². The molecule has 0 bridgehead atoms. The van der Waals surface area contributed by atoms with E-state index in [-0.39, 0.29) is 0 Å². The molecule has 1 fully saturated rings. The minimum atomic E-state index is -0.390. The van der Waals surface area contributed by atoms with Crippen molar-refractivity contribution in [1.29, 1.82) is 0 Å². The second-order valence-corrected chi connectivity index (χ2v) is 2.81. The van der Waals surface area contributed by atoms with Crippen molar-refractivity contribution in [2.24, 2.45) is 5.90 Å². The van der Waals surface area contributed by atoms with Crippen LogP contribution in [-0.2, 0) is 14.3 Å².